The summed E-state index contributed by atoms with van der Waals surface area (Å²) in [6.45, 7) is 4.61. The van der Waals surface area contributed by atoms with Crippen LogP contribution in [0.4, 0.5) is 11.6 Å². The van der Waals surface area contributed by atoms with E-state index in [1.165, 1.54) is 0 Å². The molecule has 4 aromatic heterocycles. The van der Waals surface area contributed by atoms with Crippen LogP contribution >= 0.6 is 0 Å². The highest BCUT2D eigenvalue weighted by Gasteiger charge is 2.41. The summed E-state index contributed by atoms with van der Waals surface area (Å²) >= 11 is 0. The third-order valence-electron chi connectivity index (χ3n) is 11.2. The number of nitrogens with two attached hydrogens (primary N) is 1. The Labute approximate surface area is 408 Å². The van der Waals surface area contributed by atoms with E-state index in [-0.39, 0.29) is 17.7 Å². The number of fused-ring (bicyclic) bond motifs is 1. The van der Waals surface area contributed by atoms with Crippen LogP contribution in [0.3, 0.4) is 0 Å². The zero-order chi connectivity index (χ0) is 49.1. The SMILES string of the molecule is CCOC(OCC)C(=O)Cc1ccncc1.COc1ccc(-c2c[n+]3c(c(Cc4ccccc4)n2)NC(Cc2ccncc2)C3=O)cc1.COc1ccc(-c2cnc(N)c(Cc3ccccc3)n2)cc1. The Hall–Kier alpha value is -8.20. The molecule has 14 nitrogen and oxygen atoms in total. The second kappa shape index (κ2) is 25.2. The molecule has 5 heterocycles. The first-order chi connectivity index (χ1) is 34.2. The minimum atomic E-state index is -0.747. The number of ether oxygens (including phenoxy) is 4. The number of pyridine rings is 2. The quantitative estimate of drug-likeness (QED) is 0.0656. The Balaban J connectivity index is 0.000000166. The third-order valence-corrected chi connectivity index (χ3v) is 11.2. The van der Waals surface area contributed by atoms with E-state index >= 15 is 0 Å². The van der Waals surface area contributed by atoms with Crippen molar-refractivity contribution in [3.63, 3.8) is 0 Å². The Morgan fingerprint density at radius 2 is 1.14 bits per heavy atom. The summed E-state index contributed by atoms with van der Waals surface area (Å²) in [7, 11) is 3.29. The van der Waals surface area contributed by atoms with Crippen LogP contribution in [0.2, 0.25) is 0 Å². The highest BCUT2D eigenvalue weighted by Crippen LogP contribution is 2.27. The lowest BCUT2D eigenvalue weighted by Crippen LogP contribution is -2.44. The Kier molecular flexibility index (Phi) is 17.9. The van der Waals surface area contributed by atoms with Gasteiger partial charge in [-0.05, 0) is 109 Å². The van der Waals surface area contributed by atoms with Crippen molar-refractivity contribution in [1.29, 1.82) is 0 Å². The van der Waals surface area contributed by atoms with Gasteiger partial charge in [-0.15, -0.1) is 0 Å². The summed E-state index contributed by atoms with van der Waals surface area (Å²) < 4.78 is 22.6. The van der Waals surface area contributed by atoms with E-state index in [0.717, 1.165) is 73.5 Å². The Morgan fingerprint density at radius 1 is 0.643 bits per heavy atom. The average Bonchev–Trinajstić information content (AvgIpc) is 3.72. The van der Waals surface area contributed by atoms with Crippen LogP contribution in [0.5, 0.6) is 11.5 Å². The van der Waals surface area contributed by atoms with Gasteiger partial charge in [0.25, 0.3) is 0 Å². The number of hydrogen-bond acceptors (Lipinski definition) is 13. The van der Waals surface area contributed by atoms with Crippen LogP contribution in [0.15, 0.2) is 171 Å². The van der Waals surface area contributed by atoms with Gasteiger partial charge in [0.15, 0.2) is 11.8 Å². The molecule has 1 aliphatic rings. The predicted molar refractivity (Wildman–Crippen MR) is 269 cm³/mol. The molecule has 0 saturated carbocycles. The third kappa shape index (κ3) is 13.7. The molecule has 0 radical (unpaired) electrons. The number of nitrogen functional groups attached to an aromatic ring is 1. The number of aromatic nitrogens is 6. The maximum absolute atomic E-state index is 13.3. The second-order valence-corrected chi connectivity index (χ2v) is 16.0. The standard InChI is InChI=1S/C26H22N4O2.C18H17N3O.C12H17NO3/c1-32-21-9-7-20(8-10-21)24-17-30-25(22(28-24)15-18-5-3-2-4-6-18)29-23(26(30)31)16-19-11-13-27-14-12-19;1-22-15-9-7-14(8-10-15)17-12-20-18(19)16(21-17)11-13-5-3-2-4-6-13;1-3-15-12(16-4-2)11(14)9-10-5-7-13-8-6-10/h2-14,17,23H,15-16H2,1H3;2-10,12H,11H2,1H3,(H2,19,20);5-8,12H,3-4,9H2,1-2H3/p+1. The number of methoxy groups -OCH3 is 2. The van der Waals surface area contributed by atoms with Crippen LogP contribution < -0.4 is 25.1 Å². The number of nitrogens with one attached hydrogen (secondary N) is 1. The van der Waals surface area contributed by atoms with Gasteiger partial charge in [-0.1, -0.05) is 60.7 Å². The highest BCUT2D eigenvalue weighted by atomic mass is 16.7. The van der Waals surface area contributed by atoms with Crippen molar-refractivity contribution in [3.05, 3.63) is 204 Å². The van der Waals surface area contributed by atoms with Crippen molar-refractivity contribution in [3.8, 4) is 34.0 Å². The van der Waals surface area contributed by atoms with Gasteiger partial charge in [0, 0.05) is 74.8 Å². The van der Waals surface area contributed by atoms with Gasteiger partial charge in [0.05, 0.1) is 31.8 Å². The lowest BCUT2D eigenvalue weighted by molar-refractivity contribution is -0.552. The molecule has 0 saturated heterocycles. The first-order valence-corrected chi connectivity index (χ1v) is 23.0. The van der Waals surface area contributed by atoms with E-state index in [4.69, 9.17) is 29.7 Å². The number of benzene rings is 4. The van der Waals surface area contributed by atoms with Crippen LogP contribution in [0, 0.1) is 0 Å². The number of anilines is 2. The topological polar surface area (TPSA) is 177 Å². The number of ketones is 1. The van der Waals surface area contributed by atoms with Crippen molar-refractivity contribution in [2.75, 3.05) is 38.5 Å². The number of hydrogen-bond donors (Lipinski definition) is 2. The van der Waals surface area contributed by atoms with Crippen LogP contribution in [-0.4, -0.2) is 76.4 Å². The fraction of sp³-hybridized carbons (Fsp3) is 0.214. The summed E-state index contributed by atoms with van der Waals surface area (Å²) in [4.78, 5) is 47.0. The van der Waals surface area contributed by atoms with E-state index < -0.39 is 6.29 Å². The number of nitrogens with zero attached hydrogens (tertiary/aromatic N) is 6. The summed E-state index contributed by atoms with van der Waals surface area (Å²) in [6.07, 6.45) is 11.8. The van der Waals surface area contributed by atoms with Crippen LogP contribution in [0.1, 0.15) is 52.3 Å². The van der Waals surface area contributed by atoms with Gasteiger partial charge < -0.3 is 24.7 Å². The van der Waals surface area contributed by atoms with Crippen molar-refractivity contribution in [2.24, 2.45) is 0 Å². The van der Waals surface area contributed by atoms with Gasteiger partial charge in [-0.2, -0.15) is 4.57 Å². The average molecular weight is 938 g/mol. The van der Waals surface area contributed by atoms with Gasteiger partial charge in [-0.25, -0.2) is 19.7 Å². The lowest BCUT2D eigenvalue weighted by atomic mass is 10.1. The van der Waals surface area contributed by atoms with Crippen molar-refractivity contribution >= 4 is 23.3 Å². The van der Waals surface area contributed by atoms with Gasteiger partial charge in [0.1, 0.15) is 34.9 Å². The van der Waals surface area contributed by atoms with Gasteiger partial charge in [-0.3, -0.25) is 20.1 Å². The van der Waals surface area contributed by atoms with E-state index in [9.17, 15) is 9.59 Å². The normalized spacial score (nSPS) is 12.4. The maximum Gasteiger partial charge on any atom is 0.359 e. The zero-order valence-electron chi connectivity index (χ0n) is 39.8. The van der Waals surface area contributed by atoms with Crippen molar-refractivity contribution < 1.29 is 33.1 Å². The molecule has 4 aromatic carbocycles. The Morgan fingerprint density at radius 3 is 1.67 bits per heavy atom. The molecule has 3 N–H and O–H groups in total. The molecule has 8 aromatic rings. The fourth-order valence-electron chi connectivity index (χ4n) is 7.56. The molecule has 0 bridgehead atoms. The van der Waals surface area contributed by atoms with E-state index in [1.807, 2.05) is 129 Å². The molecule has 0 amide bonds. The summed E-state index contributed by atoms with van der Waals surface area (Å²) in [6, 6.07) is 42.9. The molecule has 9 rings (SSSR count). The molecule has 0 aliphatic carbocycles. The van der Waals surface area contributed by atoms with Crippen LogP contribution in [-0.2, 0) is 40.0 Å². The predicted octanol–water partition coefficient (Wildman–Crippen LogP) is 8.63. The minimum Gasteiger partial charge on any atom is -0.497 e. The fourth-order valence-corrected chi connectivity index (χ4v) is 7.56. The second-order valence-electron chi connectivity index (χ2n) is 16.0. The molecular formula is C56H57N8O6+. The molecule has 0 fully saturated rings. The molecule has 0 spiro atoms. The lowest BCUT2D eigenvalue weighted by Gasteiger charge is -2.15. The number of rotatable bonds is 17. The largest absolute Gasteiger partial charge is 0.497 e. The molecule has 356 valence electrons. The van der Waals surface area contributed by atoms with Crippen LogP contribution in [0.25, 0.3) is 22.5 Å². The molecule has 14 heteroatoms. The number of carbonyl (C=O) groups is 2. The summed E-state index contributed by atoms with van der Waals surface area (Å²) in [5.41, 5.74) is 15.4. The van der Waals surface area contributed by atoms with Gasteiger partial charge in [0.2, 0.25) is 6.29 Å². The highest BCUT2D eigenvalue weighted by molar-refractivity contribution is 5.84. The first kappa shape index (κ1) is 49.7. The summed E-state index contributed by atoms with van der Waals surface area (Å²) in [5.74, 6) is 2.79. The molecule has 70 heavy (non-hydrogen) atoms. The minimum absolute atomic E-state index is 0.0169. The smallest absolute Gasteiger partial charge is 0.359 e. The van der Waals surface area contributed by atoms with E-state index in [2.05, 4.69) is 49.5 Å². The zero-order valence-corrected chi connectivity index (χ0v) is 39.8. The van der Waals surface area contributed by atoms with Crippen molar-refractivity contribution in [2.45, 2.75) is 51.9 Å². The Bertz CT molecular complexity index is 2890. The van der Waals surface area contributed by atoms with Crippen molar-refractivity contribution in [1.82, 2.24) is 24.9 Å². The molecular weight excluding hydrogens is 881 g/mol. The molecule has 1 atom stereocenters. The molecule has 1 unspecified atom stereocenters. The first-order valence-electron chi connectivity index (χ1n) is 23.0. The monoisotopic (exact) mass is 937 g/mol. The number of Topliss-reactive ketones (excluding diaryl/α,β-unsaturated/α-hetero) is 1. The van der Waals surface area contributed by atoms with Gasteiger partial charge >= 0.3 is 11.7 Å². The molecule has 1 aliphatic heterocycles. The van der Waals surface area contributed by atoms with E-state index in [0.29, 0.717) is 44.7 Å². The maximum atomic E-state index is 13.3. The number of carbonyl (C=O) groups excluding carboxylic acids is 2. The summed E-state index contributed by atoms with van der Waals surface area (Å²) in [5, 5.41) is 3.43. The van der Waals surface area contributed by atoms with E-state index in [1.54, 1.807) is 49.8 Å².